The Hall–Kier alpha value is -1.11. The molecule has 0 aromatic rings. The molecule has 0 radical (unpaired) electrons. The van der Waals surface area contributed by atoms with Crippen LogP contribution < -0.4 is 0 Å². The molecule has 10 heteroatoms. The molecule has 37 heavy (non-hydrogen) atoms. The lowest BCUT2D eigenvalue weighted by Crippen LogP contribution is -2.68. The average Bonchev–Trinajstić information content (AvgIpc) is 2.86. The predicted octanol–water partition coefficient (Wildman–Crippen LogP) is 1.71. The van der Waals surface area contributed by atoms with Gasteiger partial charge in [-0.05, 0) is 18.9 Å². The number of methoxy groups -OCH3 is 3. The van der Waals surface area contributed by atoms with Gasteiger partial charge in [-0.15, -0.1) is 0 Å². The zero-order valence-corrected chi connectivity index (χ0v) is 23.4. The SMILES string of the molecule is CC[C@H](/C=C(/C)[C@@H]1C[C@@H](OC)C[C@H](O)C(C)(C)[C@@]2(O)O[C@@H](C[C@@H](OC)CC(=O)O1)C[C@@H](OC)[C@H]2O)CO. The standard InChI is InChI=1S/C27H48O10/c1-8-17(15-28)9-16(2)21-11-19(34-6)13-23(29)26(3,4)27(32)25(31)22(35-7)12-20(37-27)10-18(33-5)14-24(30)36-21/h9,17-23,25,28-29,31-32H,8,10-15H2,1-7H3/b16-9-/t17-,18-,19-,20+,21+,22-,23+,25-,27+/m1/s1. The number of aliphatic hydroxyl groups excluding tert-OH is 3. The van der Waals surface area contributed by atoms with Crippen LogP contribution in [0.25, 0.3) is 0 Å². The third kappa shape index (κ3) is 7.51. The van der Waals surface area contributed by atoms with E-state index in [0.29, 0.717) is 0 Å². The van der Waals surface area contributed by atoms with Gasteiger partial charge in [0.1, 0.15) is 12.2 Å². The Kier molecular flexibility index (Phi) is 12.0. The number of aliphatic hydroxyl groups is 4. The normalized spacial score (nSPS) is 38.9. The van der Waals surface area contributed by atoms with Gasteiger partial charge in [-0.2, -0.15) is 0 Å². The maximum atomic E-state index is 13.0. The molecule has 4 N–H and O–H groups in total. The van der Waals surface area contributed by atoms with Crippen LogP contribution in [0.1, 0.15) is 66.2 Å². The van der Waals surface area contributed by atoms with E-state index < -0.39 is 59.9 Å². The first-order chi connectivity index (χ1) is 17.4. The van der Waals surface area contributed by atoms with Gasteiger partial charge in [0, 0.05) is 65.0 Å². The molecule has 2 rings (SSSR count). The van der Waals surface area contributed by atoms with E-state index >= 15 is 0 Å². The van der Waals surface area contributed by atoms with Crippen molar-refractivity contribution in [2.75, 3.05) is 27.9 Å². The number of carbonyl (C=O) groups is 1. The molecule has 9 atom stereocenters. The van der Waals surface area contributed by atoms with Crippen molar-refractivity contribution in [3.63, 3.8) is 0 Å². The highest BCUT2D eigenvalue weighted by atomic mass is 16.7. The van der Waals surface area contributed by atoms with Gasteiger partial charge in [0.15, 0.2) is 0 Å². The summed E-state index contributed by atoms with van der Waals surface area (Å²) in [6.07, 6.45) is -2.26. The highest BCUT2D eigenvalue weighted by molar-refractivity contribution is 5.70. The topological polar surface area (TPSA) is 144 Å². The minimum absolute atomic E-state index is 0.0222. The molecule has 0 saturated carbocycles. The van der Waals surface area contributed by atoms with Crippen LogP contribution >= 0.6 is 0 Å². The number of hydrogen-bond donors (Lipinski definition) is 4. The van der Waals surface area contributed by atoms with Crippen molar-refractivity contribution in [3.8, 4) is 0 Å². The molecule has 216 valence electrons. The average molecular weight is 533 g/mol. The lowest BCUT2D eigenvalue weighted by atomic mass is 9.70. The number of rotatable bonds is 7. The highest BCUT2D eigenvalue weighted by Crippen LogP contribution is 2.46. The van der Waals surface area contributed by atoms with E-state index in [1.807, 2.05) is 19.9 Å². The summed E-state index contributed by atoms with van der Waals surface area (Å²) in [6, 6.07) is 0. The molecule has 0 aliphatic carbocycles. The van der Waals surface area contributed by atoms with Gasteiger partial charge in [-0.1, -0.05) is 26.8 Å². The van der Waals surface area contributed by atoms with Gasteiger partial charge < -0.3 is 44.1 Å². The molecular formula is C27H48O10. The van der Waals surface area contributed by atoms with E-state index in [0.717, 1.165) is 12.0 Å². The number of hydrogen-bond acceptors (Lipinski definition) is 10. The van der Waals surface area contributed by atoms with Crippen molar-refractivity contribution >= 4 is 5.97 Å². The quantitative estimate of drug-likeness (QED) is 0.282. The smallest absolute Gasteiger partial charge is 0.309 e. The zero-order chi connectivity index (χ0) is 28.0. The van der Waals surface area contributed by atoms with E-state index in [1.165, 1.54) is 21.3 Å². The van der Waals surface area contributed by atoms with E-state index in [9.17, 15) is 25.2 Å². The lowest BCUT2D eigenvalue weighted by Gasteiger charge is -2.53. The van der Waals surface area contributed by atoms with Gasteiger partial charge in [-0.3, -0.25) is 4.79 Å². The molecule has 0 unspecified atom stereocenters. The maximum Gasteiger partial charge on any atom is 0.309 e. The summed E-state index contributed by atoms with van der Waals surface area (Å²) >= 11 is 0. The molecule has 2 aliphatic rings. The Morgan fingerprint density at radius 3 is 2.27 bits per heavy atom. The molecule has 2 heterocycles. The van der Waals surface area contributed by atoms with Crippen LogP contribution in [-0.4, -0.2) is 103 Å². The number of ether oxygens (including phenoxy) is 5. The third-order valence-corrected chi connectivity index (χ3v) is 8.24. The van der Waals surface area contributed by atoms with Crippen molar-refractivity contribution in [2.45, 2.75) is 115 Å². The number of fused-ring (bicyclic) bond motifs is 2. The van der Waals surface area contributed by atoms with Crippen LogP contribution in [0.15, 0.2) is 11.6 Å². The zero-order valence-electron chi connectivity index (χ0n) is 23.4. The fourth-order valence-electron chi connectivity index (χ4n) is 5.28. The molecule has 2 saturated heterocycles. The number of carbonyl (C=O) groups excluding carboxylic acids is 1. The second-order valence-corrected chi connectivity index (χ2v) is 11.0. The predicted molar refractivity (Wildman–Crippen MR) is 136 cm³/mol. The Labute approximate surface area is 220 Å². The summed E-state index contributed by atoms with van der Waals surface area (Å²) in [5.74, 6) is -2.68. The first kappa shape index (κ1) is 32.1. The van der Waals surface area contributed by atoms with Gasteiger partial charge in [-0.25, -0.2) is 0 Å². The van der Waals surface area contributed by atoms with E-state index in [2.05, 4.69) is 0 Å². The Bertz CT molecular complexity index is 751. The van der Waals surface area contributed by atoms with Crippen molar-refractivity contribution in [3.05, 3.63) is 11.6 Å². The maximum absolute atomic E-state index is 13.0. The van der Waals surface area contributed by atoms with Gasteiger partial charge in [0.05, 0.1) is 36.9 Å². The van der Waals surface area contributed by atoms with Crippen molar-refractivity contribution in [1.29, 1.82) is 0 Å². The summed E-state index contributed by atoms with van der Waals surface area (Å²) in [6.45, 7) is 7.07. The van der Waals surface area contributed by atoms with E-state index in [1.54, 1.807) is 13.8 Å². The van der Waals surface area contributed by atoms with Crippen LogP contribution in [-0.2, 0) is 28.5 Å². The van der Waals surface area contributed by atoms with Crippen LogP contribution in [0.4, 0.5) is 0 Å². The Balaban J connectivity index is 2.50. The van der Waals surface area contributed by atoms with Crippen LogP contribution in [0.5, 0.6) is 0 Å². The number of cyclic esters (lactones) is 1. The first-order valence-electron chi connectivity index (χ1n) is 13.2. The fraction of sp³-hybridized carbons (Fsp3) is 0.889. The minimum atomic E-state index is -2.14. The lowest BCUT2D eigenvalue weighted by molar-refractivity contribution is -0.379. The second-order valence-electron chi connectivity index (χ2n) is 11.0. The fourth-order valence-corrected chi connectivity index (χ4v) is 5.28. The molecule has 10 nitrogen and oxygen atoms in total. The molecule has 0 spiro atoms. The second kappa shape index (κ2) is 13.8. The van der Waals surface area contributed by atoms with Gasteiger partial charge in [0.25, 0.3) is 0 Å². The van der Waals surface area contributed by atoms with E-state index in [4.69, 9.17) is 23.7 Å². The molecule has 0 aromatic carbocycles. The van der Waals surface area contributed by atoms with E-state index in [-0.39, 0.29) is 44.6 Å². The monoisotopic (exact) mass is 532 g/mol. The van der Waals surface area contributed by atoms with Gasteiger partial charge >= 0.3 is 5.97 Å². The Morgan fingerprint density at radius 2 is 1.73 bits per heavy atom. The molecular weight excluding hydrogens is 484 g/mol. The Morgan fingerprint density at radius 1 is 1.08 bits per heavy atom. The van der Waals surface area contributed by atoms with Crippen molar-refractivity contribution in [2.24, 2.45) is 11.3 Å². The summed E-state index contributed by atoms with van der Waals surface area (Å²) < 4.78 is 28.7. The summed E-state index contributed by atoms with van der Waals surface area (Å²) in [7, 11) is 4.44. The largest absolute Gasteiger partial charge is 0.458 e. The van der Waals surface area contributed by atoms with Crippen LogP contribution in [0.3, 0.4) is 0 Å². The highest BCUT2D eigenvalue weighted by Gasteiger charge is 2.60. The van der Waals surface area contributed by atoms with Crippen molar-refractivity contribution in [1.82, 2.24) is 0 Å². The third-order valence-electron chi connectivity index (χ3n) is 8.24. The first-order valence-corrected chi connectivity index (χ1v) is 13.2. The summed E-state index contributed by atoms with van der Waals surface area (Å²) in [5.41, 5.74) is -0.546. The minimum Gasteiger partial charge on any atom is -0.458 e. The molecule has 2 fully saturated rings. The molecule has 0 aromatic heterocycles. The number of esters is 1. The van der Waals surface area contributed by atoms with Crippen LogP contribution in [0.2, 0.25) is 0 Å². The van der Waals surface area contributed by atoms with Crippen molar-refractivity contribution < 1.29 is 48.9 Å². The molecule has 0 amide bonds. The van der Waals surface area contributed by atoms with Crippen LogP contribution in [0, 0.1) is 11.3 Å². The summed E-state index contributed by atoms with van der Waals surface area (Å²) in [4.78, 5) is 13.0. The molecule has 2 bridgehead atoms. The summed E-state index contributed by atoms with van der Waals surface area (Å²) in [5, 5.41) is 43.8. The molecule has 2 aliphatic heterocycles. The van der Waals surface area contributed by atoms with Gasteiger partial charge in [0.2, 0.25) is 5.79 Å².